The molecule has 2 heterocycles. The van der Waals surface area contributed by atoms with Crippen molar-refractivity contribution < 1.29 is 4.79 Å². The number of nitrogens with one attached hydrogen (secondary N) is 1. The lowest BCUT2D eigenvalue weighted by Crippen LogP contribution is -2.38. The van der Waals surface area contributed by atoms with Gasteiger partial charge in [0.2, 0.25) is 0 Å². The Kier molecular flexibility index (Phi) is 3.66. The van der Waals surface area contributed by atoms with Crippen molar-refractivity contribution in [2.75, 3.05) is 17.2 Å². The Morgan fingerprint density at radius 2 is 2.50 bits per heavy atom. The minimum absolute atomic E-state index is 0.0904. The number of hydrogen-bond acceptors (Lipinski definition) is 4. The minimum Gasteiger partial charge on any atom is -0.397 e. The Hall–Kier alpha value is -1.23. The van der Waals surface area contributed by atoms with Crippen LogP contribution >= 0.6 is 11.8 Å². The van der Waals surface area contributed by atoms with Crippen molar-refractivity contribution in [3.63, 3.8) is 0 Å². The number of rotatable bonds is 2. The van der Waals surface area contributed by atoms with Crippen LogP contribution in [0.2, 0.25) is 0 Å². The molecule has 1 aliphatic rings. The summed E-state index contributed by atoms with van der Waals surface area (Å²) in [6, 6.07) is 1.93. The van der Waals surface area contributed by atoms with Gasteiger partial charge in [0.1, 0.15) is 0 Å². The monoisotopic (exact) mass is 237 g/mol. The third-order valence-corrected chi connectivity index (χ3v) is 3.81. The van der Waals surface area contributed by atoms with E-state index in [9.17, 15) is 4.79 Å². The molecule has 0 radical (unpaired) electrons. The van der Waals surface area contributed by atoms with Crippen LogP contribution in [0.1, 0.15) is 23.2 Å². The van der Waals surface area contributed by atoms with Gasteiger partial charge in [-0.25, -0.2) is 0 Å². The van der Waals surface area contributed by atoms with E-state index in [4.69, 9.17) is 5.73 Å². The fourth-order valence-electron chi connectivity index (χ4n) is 1.73. The fraction of sp³-hybridized carbons (Fsp3) is 0.455. The maximum Gasteiger partial charge on any atom is 0.253 e. The summed E-state index contributed by atoms with van der Waals surface area (Å²) in [6.45, 7) is 0. The lowest BCUT2D eigenvalue weighted by atomic mass is 10.1. The van der Waals surface area contributed by atoms with Crippen LogP contribution in [-0.2, 0) is 0 Å². The normalized spacial score (nSPS) is 20.4. The van der Waals surface area contributed by atoms with Gasteiger partial charge >= 0.3 is 0 Å². The Balaban J connectivity index is 2.00. The predicted molar refractivity (Wildman–Crippen MR) is 66.5 cm³/mol. The largest absolute Gasteiger partial charge is 0.397 e. The molecule has 0 aromatic carbocycles. The summed E-state index contributed by atoms with van der Waals surface area (Å²) in [7, 11) is 0. The van der Waals surface area contributed by atoms with E-state index < -0.39 is 0 Å². The smallest absolute Gasteiger partial charge is 0.253 e. The Labute approximate surface area is 99.0 Å². The first-order valence-electron chi connectivity index (χ1n) is 5.35. The molecule has 0 spiro atoms. The van der Waals surface area contributed by atoms with Crippen LogP contribution in [0.3, 0.4) is 0 Å². The van der Waals surface area contributed by atoms with Crippen molar-refractivity contribution in [1.82, 2.24) is 10.3 Å². The molecule has 1 aromatic rings. The molecule has 1 unspecified atom stereocenters. The molecule has 1 aromatic heterocycles. The van der Waals surface area contributed by atoms with Gasteiger partial charge in [-0.15, -0.1) is 0 Å². The summed E-state index contributed by atoms with van der Waals surface area (Å²) in [5, 5.41) is 3.01. The van der Waals surface area contributed by atoms with Gasteiger partial charge in [0.25, 0.3) is 5.91 Å². The summed E-state index contributed by atoms with van der Waals surface area (Å²) < 4.78 is 0. The van der Waals surface area contributed by atoms with Crippen molar-refractivity contribution in [3.8, 4) is 0 Å². The van der Waals surface area contributed by atoms with Gasteiger partial charge in [-0.3, -0.25) is 9.78 Å². The van der Waals surface area contributed by atoms with Crippen molar-refractivity contribution in [3.05, 3.63) is 24.0 Å². The molecule has 86 valence electrons. The van der Waals surface area contributed by atoms with Gasteiger partial charge < -0.3 is 11.1 Å². The third-order valence-electron chi connectivity index (χ3n) is 2.59. The van der Waals surface area contributed by atoms with Crippen molar-refractivity contribution in [2.45, 2.75) is 18.9 Å². The second-order valence-electron chi connectivity index (χ2n) is 3.85. The molecule has 0 bridgehead atoms. The molecule has 3 N–H and O–H groups in total. The molecule has 0 saturated carbocycles. The van der Waals surface area contributed by atoms with E-state index in [1.165, 1.54) is 18.4 Å². The molecule has 16 heavy (non-hydrogen) atoms. The number of hydrogen-bond donors (Lipinski definition) is 2. The van der Waals surface area contributed by atoms with Gasteiger partial charge in [0.15, 0.2) is 0 Å². The molecule has 0 aliphatic carbocycles. The molecular formula is C11H15N3OS. The fourth-order valence-corrected chi connectivity index (χ4v) is 2.80. The second kappa shape index (κ2) is 5.21. The highest BCUT2D eigenvalue weighted by atomic mass is 32.2. The summed E-state index contributed by atoms with van der Waals surface area (Å²) >= 11 is 1.89. The van der Waals surface area contributed by atoms with E-state index in [1.807, 2.05) is 11.8 Å². The lowest BCUT2D eigenvalue weighted by Gasteiger charge is -2.22. The number of carbonyl (C=O) groups is 1. The van der Waals surface area contributed by atoms with E-state index in [0.29, 0.717) is 11.3 Å². The highest BCUT2D eigenvalue weighted by Gasteiger charge is 2.17. The molecule has 1 fully saturated rings. The molecule has 2 rings (SSSR count). The zero-order valence-electron chi connectivity index (χ0n) is 8.98. The van der Waals surface area contributed by atoms with E-state index in [2.05, 4.69) is 10.3 Å². The molecule has 5 heteroatoms. The highest BCUT2D eigenvalue weighted by molar-refractivity contribution is 7.99. The van der Waals surface area contributed by atoms with Crippen molar-refractivity contribution >= 4 is 23.4 Å². The third kappa shape index (κ3) is 2.66. The van der Waals surface area contributed by atoms with E-state index >= 15 is 0 Å². The summed E-state index contributed by atoms with van der Waals surface area (Å²) in [5.41, 5.74) is 6.65. The number of amides is 1. The Bertz CT molecular complexity index is 377. The van der Waals surface area contributed by atoms with Crippen molar-refractivity contribution in [2.24, 2.45) is 0 Å². The SMILES string of the molecule is Nc1cnccc1C(=O)NC1CCCSC1. The number of nitrogens with zero attached hydrogens (tertiary/aromatic N) is 1. The molecule has 1 saturated heterocycles. The first kappa shape index (κ1) is 11.3. The van der Waals surface area contributed by atoms with Crippen LogP contribution < -0.4 is 11.1 Å². The maximum atomic E-state index is 11.9. The molecular weight excluding hydrogens is 222 g/mol. The number of carbonyl (C=O) groups excluding carboxylic acids is 1. The van der Waals surface area contributed by atoms with Gasteiger partial charge in [-0.05, 0) is 24.7 Å². The number of aromatic nitrogens is 1. The molecule has 1 aliphatic heterocycles. The average Bonchev–Trinajstić information content (AvgIpc) is 2.31. The predicted octanol–water partition coefficient (Wildman–Crippen LogP) is 1.29. The van der Waals surface area contributed by atoms with Crippen LogP contribution in [0.25, 0.3) is 0 Å². The maximum absolute atomic E-state index is 11.9. The van der Waals surface area contributed by atoms with Crippen LogP contribution in [-0.4, -0.2) is 28.4 Å². The van der Waals surface area contributed by atoms with E-state index in [-0.39, 0.29) is 11.9 Å². The topological polar surface area (TPSA) is 68.0 Å². The number of thioether (sulfide) groups is 1. The Morgan fingerprint density at radius 1 is 1.62 bits per heavy atom. The van der Waals surface area contributed by atoms with Crippen LogP contribution in [0.5, 0.6) is 0 Å². The quantitative estimate of drug-likeness (QED) is 0.813. The standard InChI is InChI=1S/C11H15N3OS/c12-10-6-13-4-3-9(10)11(15)14-8-2-1-5-16-7-8/h3-4,6,8H,1-2,5,7,12H2,(H,14,15). The van der Waals surface area contributed by atoms with Gasteiger partial charge in [0.05, 0.1) is 17.4 Å². The number of anilines is 1. The van der Waals surface area contributed by atoms with Crippen LogP contribution in [0.15, 0.2) is 18.5 Å². The summed E-state index contributed by atoms with van der Waals surface area (Å²) in [6.07, 6.45) is 5.32. The highest BCUT2D eigenvalue weighted by Crippen LogP contribution is 2.18. The number of nitrogens with two attached hydrogens (primary N) is 1. The summed E-state index contributed by atoms with van der Waals surface area (Å²) in [5.74, 6) is 2.10. The zero-order chi connectivity index (χ0) is 11.4. The lowest BCUT2D eigenvalue weighted by molar-refractivity contribution is 0.0939. The molecule has 1 amide bonds. The second-order valence-corrected chi connectivity index (χ2v) is 5.00. The first-order valence-corrected chi connectivity index (χ1v) is 6.51. The summed E-state index contributed by atoms with van der Waals surface area (Å²) in [4.78, 5) is 15.8. The van der Waals surface area contributed by atoms with Crippen LogP contribution in [0.4, 0.5) is 5.69 Å². The van der Waals surface area contributed by atoms with Gasteiger partial charge in [-0.1, -0.05) is 0 Å². The van der Waals surface area contributed by atoms with E-state index in [0.717, 1.165) is 12.2 Å². The minimum atomic E-state index is -0.0904. The number of pyridine rings is 1. The van der Waals surface area contributed by atoms with Crippen LogP contribution in [0, 0.1) is 0 Å². The first-order chi connectivity index (χ1) is 7.77. The van der Waals surface area contributed by atoms with E-state index in [1.54, 1.807) is 12.3 Å². The van der Waals surface area contributed by atoms with Gasteiger partial charge in [-0.2, -0.15) is 11.8 Å². The zero-order valence-corrected chi connectivity index (χ0v) is 9.80. The molecule has 1 atom stereocenters. The average molecular weight is 237 g/mol. The van der Waals surface area contributed by atoms with Crippen molar-refractivity contribution in [1.29, 1.82) is 0 Å². The van der Waals surface area contributed by atoms with Gasteiger partial charge in [0, 0.05) is 18.0 Å². The number of nitrogen functional groups attached to an aromatic ring is 1. The Morgan fingerprint density at radius 3 is 3.19 bits per heavy atom. The molecule has 4 nitrogen and oxygen atoms in total.